The van der Waals surface area contributed by atoms with Crippen LogP contribution in [-0.4, -0.2) is 25.2 Å². The third-order valence-corrected chi connectivity index (χ3v) is 2.26. The summed E-state index contributed by atoms with van der Waals surface area (Å²) in [5, 5.41) is 2.92. The predicted molar refractivity (Wildman–Crippen MR) is 55.9 cm³/mol. The van der Waals surface area contributed by atoms with E-state index < -0.39 is 0 Å². The van der Waals surface area contributed by atoms with Gasteiger partial charge in [0.25, 0.3) is 5.91 Å². The first-order valence-electron chi connectivity index (χ1n) is 4.86. The summed E-state index contributed by atoms with van der Waals surface area (Å²) < 4.78 is 5.18. The second kappa shape index (κ2) is 4.96. The minimum absolute atomic E-state index is 0.0458. The molecule has 0 bridgehead atoms. The van der Waals surface area contributed by atoms with E-state index in [1.165, 1.54) is 0 Å². The smallest absolute Gasteiger partial charge is 0.251 e. The Bertz CT molecular complexity index is 262. The molecule has 3 heteroatoms. The van der Waals surface area contributed by atoms with Gasteiger partial charge in [-0.15, -0.1) is 0 Å². The van der Waals surface area contributed by atoms with Crippen LogP contribution in [-0.2, 0) is 9.53 Å². The standard InChI is InChI=1S/C11H17NO2/c1-4-10(8(2)3)11(13)12-9-5-6-14-7-9/h4,9H,2,5-7H2,1,3H3,(H,12,13). The lowest BCUT2D eigenvalue weighted by atomic mass is 10.1. The SMILES string of the molecule is C=C(C)C(=CC)C(=O)NC1CCOC1. The number of carbonyl (C=O) groups excluding carboxylic acids is 1. The molecular formula is C11H17NO2. The Morgan fingerprint density at radius 1 is 1.64 bits per heavy atom. The molecule has 1 aliphatic heterocycles. The molecule has 0 aliphatic carbocycles. The zero-order valence-corrected chi connectivity index (χ0v) is 8.80. The molecule has 1 fully saturated rings. The van der Waals surface area contributed by atoms with Crippen LogP contribution in [0.4, 0.5) is 0 Å². The Morgan fingerprint density at radius 2 is 2.36 bits per heavy atom. The van der Waals surface area contributed by atoms with Crippen molar-refractivity contribution in [2.24, 2.45) is 0 Å². The van der Waals surface area contributed by atoms with Gasteiger partial charge in [0.05, 0.1) is 12.6 Å². The van der Waals surface area contributed by atoms with Crippen LogP contribution in [0.25, 0.3) is 0 Å². The molecule has 14 heavy (non-hydrogen) atoms. The zero-order valence-electron chi connectivity index (χ0n) is 8.80. The molecule has 0 aromatic carbocycles. The molecule has 0 aromatic rings. The van der Waals surface area contributed by atoms with Crippen LogP contribution in [0.15, 0.2) is 23.8 Å². The fourth-order valence-corrected chi connectivity index (χ4v) is 1.48. The highest BCUT2D eigenvalue weighted by Gasteiger charge is 2.19. The molecule has 1 unspecified atom stereocenters. The molecular weight excluding hydrogens is 178 g/mol. The molecule has 0 saturated carbocycles. The van der Waals surface area contributed by atoms with Crippen molar-refractivity contribution >= 4 is 5.91 Å². The van der Waals surface area contributed by atoms with Gasteiger partial charge in [0.15, 0.2) is 0 Å². The summed E-state index contributed by atoms with van der Waals surface area (Å²) in [5.41, 5.74) is 1.46. The number of ether oxygens (including phenoxy) is 1. The van der Waals surface area contributed by atoms with E-state index in [9.17, 15) is 4.79 Å². The largest absolute Gasteiger partial charge is 0.379 e. The van der Waals surface area contributed by atoms with Crippen molar-refractivity contribution in [1.82, 2.24) is 5.32 Å². The highest BCUT2D eigenvalue weighted by Crippen LogP contribution is 2.09. The first-order valence-corrected chi connectivity index (χ1v) is 4.86. The quantitative estimate of drug-likeness (QED) is 0.546. The van der Waals surface area contributed by atoms with E-state index >= 15 is 0 Å². The predicted octanol–water partition coefficient (Wildman–Crippen LogP) is 1.41. The van der Waals surface area contributed by atoms with Gasteiger partial charge in [-0.25, -0.2) is 0 Å². The Kier molecular flexibility index (Phi) is 3.89. The number of rotatable bonds is 3. The lowest BCUT2D eigenvalue weighted by molar-refractivity contribution is -0.117. The minimum atomic E-state index is -0.0458. The molecule has 1 heterocycles. The lowest BCUT2D eigenvalue weighted by Crippen LogP contribution is -2.36. The molecule has 1 rings (SSSR count). The Balaban J connectivity index is 2.51. The molecule has 0 radical (unpaired) electrons. The normalized spacial score (nSPS) is 22.1. The van der Waals surface area contributed by atoms with Crippen molar-refractivity contribution in [3.05, 3.63) is 23.8 Å². The fourth-order valence-electron chi connectivity index (χ4n) is 1.48. The molecule has 1 N–H and O–H groups in total. The second-order valence-corrected chi connectivity index (χ2v) is 3.52. The third kappa shape index (κ3) is 2.70. The van der Waals surface area contributed by atoms with E-state index in [1.54, 1.807) is 6.08 Å². The summed E-state index contributed by atoms with van der Waals surface area (Å²) in [6.07, 6.45) is 2.69. The van der Waals surface area contributed by atoms with Crippen molar-refractivity contribution in [3.63, 3.8) is 0 Å². The van der Waals surface area contributed by atoms with Gasteiger partial charge in [-0.2, -0.15) is 0 Å². The monoisotopic (exact) mass is 195 g/mol. The third-order valence-electron chi connectivity index (χ3n) is 2.26. The van der Waals surface area contributed by atoms with E-state index in [0.717, 1.165) is 18.6 Å². The molecule has 1 amide bonds. The molecule has 78 valence electrons. The molecule has 0 aromatic heterocycles. The van der Waals surface area contributed by atoms with Crippen molar-refractivity contribution in [1.29, 1.82) is 0 Å². The van der Waals surface area contributed by atoms with Crippen LogP contribution < -0.4 is 5.32 Å². The summed E-state index contributed by atoms with van der Waals surface area (Å²) in [6.45, 7) is 8.80. The van der Waals surface area contributed by atoms with Gasteiger partial charge in [0.2, 0.25) is 0 Å². The summed E-state index contributed by atoms with van der Waals surface area (Å²) in [6, 6.07) is 0.164. The van der Waals surface area contributed by atoms with Gasteiger partial charge >= 0.3 is 0 Å². The average molecular weight is 195 g/mol. The van der Waals surface area contributed by atoms with Crippen molar-refractivity contribution in [2.75, 3.05) is 13.2 Å². The number of hydrogen-bond acceptors (Lipinski definition) is 2. The van der Waals surface area contributed by atoms with Crippen LogP contribution >= 0.6 is 0 Å². The highest BCUT2D eigenvalue weighted by molar-refractivity contribution is 5.97. The first-order chi connectivity index (χ1) is 6.65. The fraction of sp³-hybridized carbons (Fsp3) is 0.545. The maximum atomic E-state index is 11.7. The van der Waals surface area contributed by atoms with Crippen LogP contribution in [0.2, 0.25) is 0 Å². The maximum absolute atomic E-state index is 11.7. The molecule has 1 aliphatic rings. The van der Waals surface area contributed by atoms with Crippen molar-refractivity contribution < 1.29 is 9.53 Å². The molecule has 1 atom stereocenters. The average Bonchev–Trinajstić information content (AvgIpc) is 2.57. The van der Waals surface area contributed by atoms with Gasteiger partial charge in [-0.3, -0.25) is 4.79 Å². The van der Waals surface area contributed by atoms with Gasteiger partial charge in [-0.1, -0.05) is 12.7 Å². The van der Waals surface area contributed by atoms with Crippen molar-refractivity contribution in [2.45, 2.75) is 26.3 Å². The van der Waals surface area contributed by atoms with Gasteiger partial charge in [-0.05, 0) is 25.8 Å². The zero-order chi connectivity index (χ0) is 10.6. The number of nitrogens with one attached hydrogen (secondary N) is 1. The number of hydrogen-bond donors (Lipinski definition) is 1. The number of amides is 1. The highest BCUT2D eigenvalue weighted by atomic mass is 16.5. The van der Waals surface area contributed by atoms with Gasteiger partial charge < -0.3 is 10.1 Å². The van der Waals surface area contributed by atoms with Crippen LogP contribution in [0.3, 0.4) is 0 Å². The lowest BCUT2D eigenvalue weighted by Gasteiger charge is -2.12. The van der Waals surface area contributed by atoms with E-state index in [2.05, 4.69) is 11.9 Å². The number of carbonyl (C=O) groups is 1. The van der Waals surface area contributed by atoms with Crippen LogP contribution in [0.1, 0.15) is 20.3 Å². The van der Waals surface area contributed by atoms with Crippen LogP contribution in [0, 0.1) is 0 Å². The van der Waals surface area contributed by atoms with Gasteiger partial charge in [0, 0.05) is 12.2 Å². The van der Waals surface area contributed by atoms with Crippen molar-refractivity contribution in [3.8, 4) is 0 Å². The first kappa shape index (κ1) is 11.0. The van der Waals surface area contributed by atoms with E-state index in [1.807, 2.05) is 13.8 Å². The summed E-state index contributed by atoms with van der Waals surface area (Å²) in [7, 11) is 0. The summed E-state index contributed by atoms with van der Waals surface area (Å²) >= 11 is 0. The van der Waals surface area contributed by atoms with Gasteiger partial charge in [0.1, 0.15) is 0 Å². The minimum Gasteiger partial charge on any atom is -0.379 e. The maximum Gasteiger partial charge on any atom is 0.251 e. The van der Waals surface area contributed by atoms with Crippen LogP contribution in [0.5, 0.6) is 0 Å². The Hall–Kier alpha value is -1.09. The summed E-state index contributed by atoms with van der Waals surface area (Å²) in [4.78, 5) is 11.7. The molecule has 1 saturated heterocycles. The summed E-state index contributed by atoms with van der Waals surface area (Å²) in [5.74, 6) is -0.0458. The van der Waals surface area contributed by atoms with E-state index in [-0.39, 0.29) is 11.9 Å². The second-order valence-electron chi connectivity index (χ2n) is 3.52. The van der Waals surface area contributed by atoms with E-state index in [4.69, 9.17) is 4.74 Å². The molecule has 3 nitrogen and oxygen atoms in total. The van der Waals surface area contributed by atoms with E-state index in [0.29, 0.717) is 12.2 Å². The topological polar surface area (TPSA) is 38.3 Å². The Morgan fingerprint density at radius 3 is 2.79 bits per heavy atom. The number of allylic oxidation sites excluding steroid dienone is 1. The Labute approximate surface area is 84.8 Å². The molecule has 0 spiro atoms.